The summed E-state index contributed by atoms with van der Waals surface area (Å²) < 4.78 is 11.3. The van der Waals surface area contributed by atoms with Crippen LogP contribution in [0.15, 0.2) is 42.5 Å². The number of methoxy groups -OCH3 is 1. The third-order valence-corrected chi connectivity index (χ3v) is 4.70. The molecule has 0 saturated carbocycles. The number of ether oxygens (including phenoxy) is 2. The second-order valence-electron chi connectivity index (χ2n) is 7.40. The van der Waals surface area contributed by atoms with Crippen molar-refractivity contribution >= 4 is 17.3 Å². The molecule has 30 heavy (non-hydrogen) atoms. The van der Waals surface area contributed by atoms with E-state index in [-0.39, 0.29) is 11.6 Å². The second kappa shape index (κ2) is 10.6. The number of hydrogen-bond acceptors (Lipinski definition) is 6. The Morgan fingerprint density at radius 3 is 2.23 bits per heavy atom. The number of nitrogens with zero attached hydrogens (tertiary/aromatic N) is 2. The molecule has 2 rings (SSSR count). The number of rotatable bonds is 10. The summed E-state index contributed by atoms with van der Waals surface area (Å²) in [6.07, 6.45) is 0. The molecular weight excluding hydrogens is 386 g/mol. The zero-order valence-corrected chi connectivity index (χ0v) is 18.0. The predicted octanol–water partition coefficient (Wildman–Crippen LogP) is 4.35. The lowest BCUT2D eigenvalue weighted by atomic mass is 10.2. The average molecular weight is 415 g/mol. The van der Waals surface area contributed by atoms with Gasteiger partial charge in [-0.1, -0.05) is 0 Å². The van der Waals surface area contributed by atoms with Crippen LogP contribution in [0.2, 0.25) is 0 Å². The molecule has 0 atom stereocenters. The molecular formula is C22H29N3O5. The van der Waals surface area contributed by atoms with Crippen LogP contribution in [0, 0.1) is 10.1 Å². The Bertz CT molecular complexity index is 858. The molecule has 0 spiro atoms. The van der Waals surface area contributed by atoms with Crippen LogP contribution >= 0.6 is 0 Å². The van der Waals surface area contributed by atoms with Gasteiger partial charge >= 0.3 is 0 Å². The van der Waals surface area contributed by atoms with Gasteiger partial charge < -0.3 is 14.8 Å². The van der Waals surface area contributed by atoms with Crippen LogP contribution in [0.1, 0.15) is 38.1 Å². The summed E-state index contributed by atoms with van der Waals surface area (Å²) in [5.41, 5.74) is 0.797. The third kappa shape index (κ3) is 6.18. The molecule has 0 saturated heterocycles. The number of nitro benzene ring substituents is 1. The number of carbonyl (C=O) groups is 1. The Kier molecular flexibility index (Phi) is 8.17. The van der Waals surface area contributed by atoms with Crippen molar-refractivity contribution < 1.29 is 19.2 Å². The monoisotopic (exact) mass is 415 g/mol. The maximum absolute atomic E-state index is 12.5. The summed E-state index contributed by atoms with van der Waals surface area (Å²) in [5, 5.41) is 13.5. The fourth-order valence-corrected chi connectivity index (χ4v) is 3.18. The molecule has 162 valence electrons. The van der Waals surface area contributed by atoms with E-state index >= 15 is 0 Å². The first-order valence-corrected chi connectivity index (χ1v) is 9.85. The number of carbonyl (C=O) groups excluding carboxylic acids is 1. The molecule has 0 aliphatic rings. The summed E-state index contributed by atoms with van der Waals surface area (Å²) in [6, 6.07) is 11.4. The minimum Gasteiger partial charge on any atom is -0.493 e. The summed E-state index contributed by atoms with van der Waals surface area (Å²) >= 11 is 0. The van der Waals surface area contributed by atoms with Gasteiger partial charge in [-0.15, -0.1) is 0 Å². The maximum atomic E-state index is 12.5. The molecule has 0 bridgehead atoms. The molecule has 8 heteroatoms. The van der Waals surface area contributed by atoms with Gasteiger partial charge in [-0.05, 0) is 52.0 Å². The van der Waals surface area contributed by atoms with Gasteiger partial charge in [0, 0.05) is 48.1 Å². The van der Waals surface area contributed by atoms with Gasteiger partial charge in [-0.25, -0.2) is 0 Å². The summed E-state index contributed by atoms with van der Waals surface area (Å²) in [5.74, 6) is 0.738. The Labute approximate surface area is 176 Å². The fraction of sp³-hybridized carbons (Fsp3) is 0.409. The van der Waals surface area contributed by atoms with Gasteiger partial charge in [0.25, 0.3) is 11.6 Å². The molecule has 8 nitrogen and oxygen atoms in total. The first-order valence-electron chi connectivity index (χ1n) is 9.85. The maximum Gasteiger partial charge on any atom is 0.269 e. The van der Waals surface area contributed by atoms with Crippen molar-refractivity contribution in [2.24, 2.45) is 0 Å². The first-order chi connectivity index (χ1) is 14.2. The molecule has 2 aromatic rings. The number of amides is 1. The highest BCUT2D eigenvalue weighted by molar-refractivity contribution is 6.04. The van der Waals surface area contributed by atoms with Gasteiger partial charge in [0.2, 0.25) is 0 Å². The van der Waals surface area contributed by atoms with Crippen molar-refractivity contribution in [3.8, 4) is 11.5 Å². The van der Waals surface area contributed by atoms with Gasteiger partial charge in [0.1, 0.15) is 6.61 Å². The lowest BCUT2D eigenvalue weighted by molar-refractivity contribution is -0.384. The number of anilines is 1. The number of non-ortho nitro benzene ring substituents is 1. The minimum absolute atomic E-state index is 0.0662. The average Bonchev–Trinajstić information content (AvgIpc) is 2.70. The Balaban J connectivity index is 2.07. The van der Waals surface area contributed by atoms with E-state index in [0.29, 0.717) is 41.4 Å². The largest absolute Gasteiger partial charge is 0.493 e. The van der Waals surface area contributed by atoms with Crippen molar-refractivity contribution in [3.63, 3.8) is 0 Å². The van der Waals surface area contributed by atoms with E-state index in [9.17, 15) is 14.9 Å². The van der Waals surface area contributed by atoms with Gasteiger partial charge in [0.15, 0.2) is 11.5 Å². The predicted molar refractivity (Wildman–Crippen MR) is 117 cm³/mol. The normalized spacial score (nSPS) is 11.1. The molecule has 0 aliphatic carbocycles. The van der Waals surface area contributed by atoms with Crippen molar-refractivity contribution in [2.75, 3.05) is 25.6 Å². The summed E-state index contributed by atoms with van der Waals surface area (Å²) in [7, 11) is 1.56. The van der Waals surface area contributed by atoms with Crippen LogP contribution in [-0.2, 0) is 0 Å². The van der Waals surface area contributed by atoms with Crippen LogP contribution in [0.3, 0.4) is 0 Å². The van der Waals surface area contributed by atoms with E-state index in [2.05, 4.69) is 37.9 Å². The Hall–Kier alpha value is -3.13. The molecule has 1 N–H and O–H groups in total. The smallest absolute Gasteiger partial charge is 0.269 e. The number of nitro groups is 1. The van der Waals surface area contributed by atoms with Crippen LogP contribution in [0.4, 0.5) is 11.4 Å². The molecule has 1 amide bonds. The first kappa shape index (κ1) is 23.2. The molecule has 0 aromatic heterocycles. The molecule has 0 unspecified atom stereocenters. The van der Waals surface area contributed by atoms with Crippen molar-refractivity contribution in [1.82, 2.24) is 4.90 Å². The van der Waals surface area contributed by atoms with Gasteiger partial charge in [-0.3, -0.25) is 19.8 Å². The number of hydrogen-bond donors (Lipinski definition) is 1. The summed E-state index contributed by atoms with van der Waals surface area (Å²) in [4.78, 5) is 25.0. The molecule has 0 fully saturated rings. The fourth-order valence-electron chi connectivity index (χ4n) is 3.18. The van der Waals surface area contributed by atoms with E-state index in [0.717, 1.165) is 6.54 Å². The van der Waals surface area contributed by atoms with E-state index in [1.807, 2.05) is 0 Å². The SMILES string of the molecule is COc1ccc(NC(=O)c2ccc([N+](=O)[O-])cc2)cc1OCCN(C(C)C)C(C)C. The van der Waals surface area contributed by atoms with E-state index in [1.54, 1.807) is 25.3 Å². The molecule has 0 radical (unpaired) electrons. The topological polar surface area (TPSA) is 93.9 Å². The molecule has 0 aliphatic heterocycles. The second-order valence-corrected chi connectivity index (χ2v) is 7.40. The van der Waals surface area contributed by atoms with Crippen LogP contribution in [-0.4, -0.2) is 48.1 Å². The van der Waals surface area contributed by atoms with E-state index < -0.39 is 4.92 Å². The molecule has 2 aromatic carbocycles. The number of benzene rings is 2. The van der Waals surface area contributed by atoms with Gasteiger partial charge in [-0.2, -0.15) is 0 Å². The zero-order valence-electron chi connectivity index (χ0n) is 18.0. The highest BCUT2D eigenvalue weighted by Crippen LogP contribution is 2.30. The summed E-state index contributed by atoms with van der Waals surface area (Å²) in [6.45, 7) is 9.83. The van der Waals surface area contributed by atoms with Crippen molar-refractivity contribution in [2.45, 2.75) is 39.8 Å². The Morgan fingerprint density at radius 2 is 1.70 bits per heavy atom. The van der Waals surface area contributed by atoms with Crippen LogP contribution in [0.5, 0.6) is 11.5 Å². The van der Waals surface area contributed by atoms with Crippen LogP contribution < -0.4 is 14.8 Å². The van der Waals surface area contributed by atoms with Gasteiger partial charge in [0.05, 0.1) is 12.0 Å². The zero-order chi connectivity index (χ0) is 22.3. The quantitative estimate of drug-likeness (QED) is 0.458. The van der Waals surface area contributed by atoms with Crippen LogP contribution in [0.25, 0.3) is 0 Å². The van der Waals surface area contributed by atoms with Crippen molar-refractivity contribution in [3.05, 3.63) is 58.1 Å². The minimum atomic E-state index is -0.505. The highest BCUT2D eigenvalue weighted by atomic mass is 16.6. The number of nitrogens with one attached hydrogen (secondary N) is 1. The standard InChI is InChI=1S/C22H29N3O5/c1-15(2)24(16(3)4)12-13-30-21-14-18(8-11-20(21)29-5)23-22(26)17-6-9-19(10-7-17)25(27)28/h6-11,14-16H,12-13H2,1-5H3,(H,23,26). The third-order valence-electron chi connectivity index (χ3n) is 4.70. The molecule has 0 heterocycles. The van der Waals surface area contributed by atoms with E-state index in [1.165, 1.54) is 24.3 Å². The lowest BCUT2D eigenvalue weighted by Crippen LogP contribution is -2.39. The lowest BCUT2D eigenvalue weighted by Gasteiger charge is -2.30. The Morgan fingerprint density at radius 1 is 1.07 bits per heavy atom. The van der Waals surface area contributed by atoms with E-state index in [4.69, 9.17) is 9.47 Å². The van der Waals surface area contributed by atoms with Crippen molar-refractivity contribution in [1.29, 1.82) is 0 Å². The highest BCUT2D eigenvalue weighted by Gasteiger charge is 2.15.